The second-order valence-corrected chi connectivity index (χ2v) is 6.29. The summed E-state index contributed by atoms with van der Waals surface area (Å²) < 4.78 is 5.34. The van der Waals surface area contributed by atoms with Crippen LogP contribution >= 0.6 is 0 Å². The molecule has 0 spiro atoms. The van der Waals surface area contributed by atoms with E-state index in [4.69, 9.17) is 4.74 Å². The molecule has 116 valence electrons. The lowest BCUT2D eigenvalue weighted by atomic mass is 9.93. The zero-order valence-corrected chi connectivity index (χ0v) is 13.5. The first-order chi connectivity index (χ1) is 10.6. The first-order valence-corrected chi connectivity index (χ1v) is 8.06. The van der Waals surface area contributed by atoms with Gasteiger partial charge < -0.3 is 4.74 Å². The molecule has 1 aliphatic rings. The number of hydrogen-bond donors (Lipinski definition) is 0. The van der Waals surface area contributed by atoms with Crippen LogP contribution in [0.4, 0.5) is 4.79 Å². The van der Waals surface area contributed by atoms with E-state index in [9.17, 15) is 4.79 Å². The number of nitrogens with zero attached hydrogens (tertiary/aromatic N) is 1. The number of amides is 1. The Labute approximate surface area is 131 Å². The fourth-order valence-electron chi connectivity index (χ4n) is 3.43. The van der Waals surface area contributed by atoms with E-state index in [1.807, 2.05) is 11.0 Å². The van der Waals surface area contributed by atoms with Crippen molar-refractivity contribution in [2.24, 2.45) is 5.92 Å². The van der Waals surface area contributed by atoms with Gasteiger partial charge in [-0.1, -0.05) is 63.2 Å². The summed E-state index contributed by atoms with van der Waals surface area (Å²) in [6.45, 7) is 6.93. The van der Waals surface area contributed by atoms with E-state index >= 15 is 0 Å². The number of fused-ring (bicyclic) bond motifs is 1. The number of rotatable bonds is 4. The normalized spacial score (nSPS) is 19.7. The Morgan fingerprint density at radius 3 is 2.64 bits per heavy atom. The average Bonchev–Trinajstić information content (AvgIpc) is 2.91. The highest BCUT2D eigenvalue weighted by molar-refractivity contribution is 5.86. The van der Waals surface area contributed by atoms with Crippen LogP contribution in [0.25, 0.3) is 10.8 Å². The van der Waals surface area contributed by atoms with Gasteiger partial charge in [0.05, 0.1) is 12.1 Å². The van der Waals surface area contributed by atoms with E-state index in [0.717, 1.165) is 6.42 Å². The summed E-state index contributed by atoms with van der Waals surface area (Å²) >= 11 is 0. The van der Waals surface area contributed by atoms with Crippen molar-refractivity contribution in [1.82, 2.24) is 4.90 Å². The SMILES string of the molecule is CC[C@@H](c1cccc2ccccc12)N1C(=O)OC[C@@H]1C(C)C. The molecule has 2 aromatic carbocycles. The Kier molecular flexibility index (Phi) is 4.06. The van der Waals surface area contributed by atoms with Crippen molar-refractivity contribution in [2.45, 2.75) is 39.3 Å². The molecule has 2 aromatic rings. The molecular weight excluding hydrogens is 274 g/mol. The maximum absolute atomic E-state index is 12.3. The average molecular weight is 297 g/mol. The van der Waals surface area contributed by atoms with E-state index in [-0.39, 0.29) is 18.2 Å². The molecule has 0 saturated carbocycles. The van der Waals surface area contributed by atoms with Crippen molar-refractivity contribution in [3.05, 3.63) is 48.0 Å². The quantitative estimate of drug-likeness (QED) is 0.813. The molecule has 3 rings (SSSR count). The standard InChI is InChI=1S/C19H23NO2/c1-4-17(20-18(13(2)3)12-22-19(20)21)16-11-7-9-14-8-5-6-10-15(14)16/h5-11,13,17-18H,4,12H2,1-3H3/t17-,18+/m0/s1. The Bertz CT molecular complexity index is 675. The monoisotopic (exact) mass is 297 g/mol. The molecule has 22 heavy (non-hydrogen) atoms. The summed E-state index contributed by atoms with van der Waals surface area (Å²) in [5.41, 5.74) is 1.21. The molecule has 1 heterocycles. The van der Waals surface area contributed by atoms with Gasteiger partial charge in [-0.05, 0) is 28.7 Å². The minimum atomic E-state index is -0.182. The van der Waals surface area contributed by atoms with Crippen LogP contribution < -0.4 is 0 Å². The van der Waals surface area contributed by atoms with Crippen LogP contribution in [-0.2, 0) is 4.74 Å². The molecule has 1 aliphatic heterocycles. The summed E-state index contributed by atoms with van der Waals surface area (Å²) in [4.78, 5) is 14.3. The number of ether oxygens (including phenoxy) is 1. The van der Waals surface area contributed by atoms with Crippen LogP contribution in [0.5, 0.6) is 0 Å². The summed E-state index contributed by atoms with van der Waals surface area (Å²) in [7, 11) is 0. The van der Waals surface area contributed by atoms with Gasteiger partial charge in [-0.25, -0.2) is 4.79 Å². The van der Waals surface area contributed by atoms with Gasteiger partial charge in [0.25, 0.3) is 0 Å². The van der Waals surface area contributed by atoms with Gasteiger partial charge in [0.15, 0.2) is 0 Å². The molecule has 1 amide bonds. The van der Waals surface area contributed by atoms with Crippen molar-refractivity contribution >= 4 is 16.9 Å². The number of carbonyl (C=O) groups is 1. The number of cyclic esters (lactones) is 1. The molecule has 0 radical (unpaired) electrons. The third-order valence-electron chi connectivity index (χ3n) is 4.62. The van der Waals surface area contributed by atoms with Crippen LogP contribution in [-0.4, -0.2) is 23.6 Å². The fraction of sp³-hybridized carbons (Fsp3) is 0.421. The Morgan fingerprint density at radius 2 is 1.91 bits per heavy atom. The molecule has 0 aromatic heterocycles. The van der Waals surface area contributed by atoms with Crippen LogP contribution in [0, 0.1) is 5.92 Å². The van der Waals surface area contributed by atoms with Crippen molar-refractivity contribution < 1.29 is 9.53 Å². The van der Waals surface area contributed by atoms with Crippen molar-refractivity contribution in [1.29, 1.82) is 0 Å². The Morgan fingerprint density at radius 1 is 1.18 bits per heavy atom. The van der Waals surface area contributed by atoms with Gasteiger partial charge in [-0.2, -0.15) is 0 Å². The van der Waals surface area contributed by atoms with Crippen molar-refractivity contribution in [3.63, 3.8) is 0 Å². The number of carbonyl (C=O) groups excluding carboxylic acids is 1. The molecule has 0 N–H and O–H groups in total. The maximum Gasteiger partial charge on any atom is 0.410 e. The van der Waals surface area contributed by atoms with Gasteiger partial charge in [-0.3, -0.25) is 4.90 Å². The van der Waals surface area contributed by atoms with E-state index in [2.05, 4.69) is 57.2 Å². The molecule has 2 atom stereocenters. The third kappa shape index (κ3) is 2.45. The highest BCUT2D eigenvalue weighted by Gasteiger charge is 2.39. The molecule has 0 unspecified atom stereocenters. The van der Waals surface area contributed by atoms with Crippen molar-refractivity contribution in [2.75, 3.05) is 6.61 Å². The lowest BCUT2D eigenvalue weighted by Gasteiger charge is -2.33. The summed E-state index contributed by atoms with van der Waals surface area (Å²) in [5.74, 6) is 0.385. The zero-order valence-electron chi connectivity index (χ0n) is 13.5. The summed E-state index contributed by atoms with van der Waals surface area (Å²) in [5, 5.41) is 2.44. The van der Waals surface area contributed by atoms with E-state index in [1.54, 1.807) is 0 Å². The Balaban J connectivity index is 2.08. The topological polar surface area (TPSA) is 29.5 Å². The minimum Gasteiger partial charge on any atom is -0.447 e. The van der Waals surface area contributed by atoms with Crippen molar-refractivity contribution in [3.8, 4) is 0 Å². The molecule has 3 nitrogen and oxygen atoms in total. The zero-order chi connectivity index (χ0) is 15.7. The lowest BCUT2D eigenvalue weighted by molar-refractivity contribution is 0.138. The lowest BCUT2D eigenvalue weighted by Crippen LogP contribution is -2.39. The molecular formula is C19H23NO2. The van der Waals surface area contributed by atoms with E-state index in [0.29, 0.717) is 12.5 Å². The predicted molar refractivity (Wildman–Crippen MR) is 88.8 cm³/mol. The van der Waals surface area contributed by atoms with Gasteiger partial charge in [0.2, 0.25) is 0 Å². The molecule has 0 aliphatic carbocycles. The van der Waals surface area contributed by atoms with E-state index in [1.165, 1.54) is 16.3 Å². The first-order valence-electron chi connectivity index (χ1n) is 8.06. The molecule has 1 fully saturated rings. The third-order valence-corrected chi connectivity index (χ3v) is 4.62. The summed E-state index contributed by atoms with van der Waals surface area (Å²) in [6.07, 6.45) is 0.699. The Hall–Kier alpha value is -2.03. The van der Waals surface area contributed by atoms with Crippen LogP contribution in [0.1, 0.15) is 38.8 Å². The highest BCUT2D eigenvalue weighted by atomic mass is 16.6. The largest absolute Gasteiger partial charge is 0.447 e. The smallest absolute Gasteiger partial charge is 0.410 e. The van der Waals surface area contributed by atoms with Crippen LogP contribution in [0.3, 0.4) is 0 Å². The highest BCUT2D eigenvalue weighted by Crippen LogP contribution is 2.36. The van der Waals surface area contributed by atoms with Gasteiger partial charge in [-0.15, -0.1) is 0 Å². The molecule has 0 bridgehead atoms. The fourth-order valence-corrected chi connectivity index (χ4v) is 3.43. The van der Waals surface area contributed by atoms with Crippen LogP contribution in [0.15, 0.2) is 42.5 Å². The maximum atomic E-state index is 12.3. The number of hydrogen-bond acceptors (Lipinski definition) is 2. The second-order valence-electron chi connectivity index (χ2n) is 6.29. The second kappa shape index (κ2) is 5.99. The minimum absolute atomic E-state index is 0.0634. The van der Waals surface area contributed by atoms with Crippen LogP contribution in [0.2, 0.25) is 0 Å². The number of benzene rings is 2. The summed E-state index contributed by atoms with van der Waals surface area (Å²) in [6, 6.07) is 14.9. The predicted octanol–water partition coefficient (Wildman–Crippen LogP) is 4.77. The first kappa shape index (κ1) is 14.9. The van der Waals surface area contributed by atoms with Gasteiger partial charge in [0, 0.05) is 0 Å². The van der Waals surface area contributed by atoms with Gasteiger partial charge >= 0.3 is 6.09 Å². The molecule has 1 saturated heterocycles. The van der Waals surface area contributed by atoms with E-state index < -0.39 is 0 Å². The van der Waals surface area contributed by atoms with Gasteiger partial charge in [0.1, 0.15) is 6.61 Å². The molecule has 3 heteroatoms.